The van der Waals surface area contributed by atoms with Gasteiger partial charge >= 0.3 is 0 Å². The van der Waals surface area contributed by atoms with E-state index in [4.69, 9.17) is 0 Å². The zero-order valence-electron chi connectivity index (χ0n) is 23.8. The minimum Gasteiger partial charge on any atom is -0.338 e. The quantitative estimate of drug-likeness (QED) is 0.146. The zero-order valence-corrected chi connectivity index (χ0v) is 23.8. The third-order valence-electron chi connectivity index (χ3n) is 6.91. The fourth-order valence-electron chi connectivity index (χ4n) is 4.63. The first-order valence-corrected chi connectivity index (χ1v) is 13.9. The molecule has 0 saturated carbocycles. The average molecular weight is 513 g/mol. The van der Waals surface area contributed by atoms with Crippen molar-refractivity contribution in [3.8, 4) is 11.1 Å². The second-order valence-corrected chi connectivity index (χ2v) is 9.90. The predicted octanol–water partition coefficient (Wildman–Crippen LogP) is 10.7. The lowest BCUT2D eigenvalue weighted by molar-refractivity contribution is 0.946. The Bertz CT molecular complexity index is 1390. The van der Waals surface area contributed by atoms with E-state index in [1.54, 1.807) is 0 Å². The fourth-order valence-corrected chi connectivity index (χ4v) is 4.63. The highest BCUT2D eigenvalue weighted by molar-refractivity contribution is 5.75. The number of rotatable bonds is 11. The number of unbranched alkanes of at least 4 members (excludes halogenated alkanes) is 1. The number of anilines is 4. The highest BCUT2D eigenvalue weighted by Gasteiger charge is 2.13. The van der Waals surface area contributed by atoms with Crippen LogP contribution < -0.4 is 9.80 Å². The summed E-state index contributed by atoms with van der Waals surface area (Å²) in [6.45, 7) is 13.5. The van der Waals surface area contributed by atoms with Gasteiger partial charge in [-0.2, -0.15) is 0 Å². The number of hydrogen-bond donors (Lipinski definition) is 0. The minimum atomic E-state index is 0.833. The van der Waals surface area contributed by atoms with Crippen LogP contribution in [-0.4, -0.2) is 6.54 Å². The molecule has 0 fully saturated rings. The molecule has 2 nitrogen and oxygen atoms in total. The Hall–Kier alpha value is -4.30. The van der Waals surface area contributed by atoms with Gasteiger partial charge in [0.25, 0.3) is 0 Å². The molecule has 0 bridgehead atoms. The van der Waals surface area contributed by atoms with Crippen LogP contribution in [0.4, 0.5) is 22.7 Å². The maximum Gasteiger partial charge on any atom is 0.0461 e. The molecule has 4 aromatic carbocycles. The van der Waals surface area contributed by atoms with Gasteiger partial charge in [-0.05, 0) is 92.9 Å². The lowest BCUT2D eigenvalue weighted by Crippen LogP contribution is -2.16. The second-order valence-electron chi connectivity index (χ2n) is 9.90. The molecule has 0 radical (unpaired) electrons. The van der Waals surface area contributed by atoms with Crippen LogP contribution in [0.25, 0.3) is 11.1 Å². The Labute approximate surface area is 235 Å². The SMILES string of the molecule is C=C/C(=C\CCC)N(c1ccc(C)cc1)c1ccc(-c2ccc(N(C/C=C\C)c3ccc(C)cc3)cc2)cc1. The molecule has 4 aromatic rings. The molecule has 0 spiro atoms. The Kier molecular flexibility index (Phi) is 9.58. The lowest BCUT2D eigenvalue weighted by atomic mass is 10.0. The van der Waals surface area contributed by atoms with Gasteiger partial charge in [0.2, 0.25) is 0 Å². The van der Waals surface area contributed by atoms with E-state index in [9.17, 15) is 0 Å². The van der Waals surface area contributed by atoms with Crippen LogP contribution in [0.15, 0.2) is 134 Å². The third kappa shape index (κ3) is 6.97. The van der Waals surface area contributed by atoms with E-state index >= 15 is 0 Å². The molecule has 0 amide bonds. The number of hydrogen-bond acceptors (Lipinski definition) is 2. The summed E-state index contributed by atoms with van der Waals surface area (Å²) in [6, 6.07) is 35.1. The van der Waals surface area contributed by atoms with Crippen LogP contribution in [0, 0.1) is 13.8 Å². The van der Waals surface area contributed by atoms with Gasteiger partial charge in [-0.3, -0.25) is 0 Å². The molecule has 0 N–H and O–H groups in total. The number of benzene rings is 4. The molecule has 0 atom stereocenters. The summed E-state index contributed by atoms with van der Waals surface area (Å²) < 4.78 is 0. The van der Waals surface area contributed by atoms with E-state index in [-0.39, 0.29) is 0 Å². The van der Waals surface area contributed by atoms with Crippen LogP contribution in [0.5, 0.6) is 0 Å². The molecule has 39 heavy (non-hydrogen) atoms. The van der Waals surface area contributed by atoms with Gasteiger partial charge in [-0.1, -0.05) is 97.8 Å². The van der Waals surface area contributed by atoms with Gasteiger partial charge in [0.05, 0.1) is 0 Å². The molecular weight excluding hydrogens is 472 g/mol. The molecular formula is C37H40N2. The molecule has 0 saturated heterocycles. The van der Waals surface area contributed by atoms with E-state index in [0.717, 1.165) is 36.5 Å². The monoisotopic (exact) mass is 512 g/mol. The topological polar surface area (TPSA) is 6.48 Å². The van der Waals surface area contributed by atoms with Gasteiger partial charge in [0.15, 0.2) is 0 Å². The normalized spacial score (nSPS) is 11.5. The summed E-state index contributed by atoms with van der Waals surface area (Å²) >= 11 is 0. The molecule has 0 heterocycles. The maximum absolute atomic E-state index is 4.12. The first kappa shape index (κ1) is 27.7. The van der Waals surface area contributed by atoms with Crippen molar-refractivity contribution < 1.29 is 0 Å². The standard InChI is InChI=1S/C37H40N2/c1-6-9-11-33(8-3)39(36-22-14-30(5)15-23-36)37-26-18-32(19-27-37)31-16-24-35(25-17-31)38(28-10-7-2)34-20-12-29(4)13-21-34/h7-8,10-27H,3,6,9,28H2,1-2,4-5H3/b10-7-,33-11+. The number of allylic oxidation sites excluding steroid dienone is 3. The first-order chi connectivity index (χ1) is 19.0. The van der Waals surface area contributed by atoms with Crippen molar-refractivity contribution in [1.82, 2.24) is 0 Å². The van der Waals surface area contributed by atoms with E-state index < -0.39 is 0 Å². The van der Waals surface area contributed by atoms with Crippen LogP contribution in [0.2, 0.25) is 0 Å². The largest absolute Gasteiger partial charge is 0.338 e. The van der Waals surface area contributed by atoms with E-state index in [0.29, 0.717) is 0 Å². The van der Waals surface area contributed by atoms with Gasteiger partial charge < -0.3 is 9.80 Å². The molecule has 4 rings (SSSR count). The predicted molar refractivity (Wildman–Crippen MR) is 171 cm³/mol. The molecule has 0 aliphatic heterocycles. The van der Waals surface area contributed by atoms with Gasteiger partial charge in [-0.15, -0.1) is 0 Å². The number of nitrogens with zero attached hydrogens (tertiary/aromatic N) is 2. The summed E-state index contributed by atoms with van der Waals surface area (Å²) in [4.78, 5) is 4.63. The zero-order chi connectivity index (χ0) is 27.6. The number of aryl methyl sites for hydroxylation is 2. The van der Waals surface area contributed by atoms with Crippen LogP contribution >= 0.6 is 0 Å². The summed E-state index contributed by atoms with van der Waals surface area (Å²) in [5, 5.41) is 0. The molecule has 2 heteroatoms. The first-order valence-electron chi connectivity index (χ1n) is 13.9. The highest BCUT2D eigenvalue weighted by Crippen LogP contribution is 2.34. The lowest BCUT2D eigenvalue weighted by Gasteiger charge is -2.27. The van der Waals surface area contributed by atoms with Crippen molar-refractivity contribution in [3.63, 3.8) is 0 Å². The Morgan fingerprint density at radius 3 is 1.54 bits per heavy atom. The van der Waals surface area contributed by atoms with Crippen molar-refractivity contribution >= 4 is 22.7 Å². The molecule has 0 aliphatic carbocycles. The maximum atomic E-state index is 4.12. The van der Waals surface area contributed by atoms with Crippen LogP contribution in [-0.2, 0) is 0 Å². The molecule has 198 valence electrons. The Balaban J connectivity index is 1.62. The van der Waals surface area contributed by atoms with E-state index in [1.807, 2.05) is 6.08 Å². The Morgan fingerprint density at radius 1 is 0.667 bits per heavy atom. The van der Waals surface area contributed by atoms with Gasteiger partial charge in [0, 0.05) is 35.0 Å². The molecule has 0 unspecified atom stereocenters. The van der Waals surface area contributed by atoms with Crippen molar-refractivity contribution in [3.05, 3.63) is 145 Å². The molecule has 0 aliphatic rings. The average Bonchev–Trinajstić information content (AvgIpc) is 2.97. The highest BCUT2D eigenvalue weighted by atomic mass is 15.1. The van der Waals surface area contributed by atoms with Gasteiger partial charge in [0.1, 0.15) is 0 Å². The Morgan fingerprint density at radius 2 is 1.10 bits per heavy atom. The second kappa shape index (κ2) is 13.5. The molecule has 0 aromatic heterocycles. The van der Waals surface area contributed by atoms with Crippen molar-refractivity contribution in [2.75, 3.05) is 16.3 Å². The fraction of sp³-hybridized carbons (Fsp3) is 0.189. The van der Waals surface area contributed by atoms with Gasteiger partial charge in [-0.25, -0.2) is 0 Å². The summed E-state index contributed by atoms with van der Waals surface area (Å²) in [6.07, 6.45) is 10.6. The summed E-state index contributed by atoms with van der Waals surface area (Å²) in [5.74, 6) is 0. The third-order valence-corrected chi connectivity index (χ3v) is 6.91. The van der Waals surface area contributed by atoms with Crippen LogP contribution in [0.1, 0.15) is 37.8 Å². The summed E-state index contributed by atoms with van der Waals surface area (Å²) in [7, 11) is 0. The smallest absolute Gasteiger partial charge is 0.0461 e. The van der Waals surface area contributed by atoms with Crippen molar-refractivity contribution in [2.24, 2.45) is 0 Å². The van der Waals surface area contributed by atoms with Crippen molar-refractivity contribution in [2.45, 2.75) is 40.5 Å². The van der Waals surface area contributed by atoms with E-state index in [1.165, 1.54) is 33.6 Å². The minimum absolute atomic E-state index is 0.833. The van der Waals surface area contributed by atoms with Crippen molar-refractivity contribution in [1.29, 1.82) is 0 Å². The van der Waals surface area contributed by atoms with E-state index in [2.05, 4.69) is 159 Å². The summed E-state index contributed by atoms with van der Waals surface area (Å²) in [5.41, 5.74) is 10.7. The van der Waals surface area contributed by atoms with Crippen LogP contribution in [0.3, 0.4) is 0 Å².